The van der Waals surface area contributed by atoms with E-state index in [0.717, 1.165) is 0 Å². The molecule has 88 valence electrons. The molecule has 1 aromatic heterocycles. The molecule has 1 atom stereocenters. The standard InChI is InChI=1S/C12H9F2NO2/c13-7-12(14,11(16)17)9-3-4-10-8(6-9)2-1-5-15-10/h1-6H,7H2,(H,16,17). The lowest BCUT2D eigenvalue weighted by molar-refractivity contribution is -0.152. The number of pyridine rings is 1. The molecule has 2 rings (SSSR count). The maximum Gasteiger partial charge on any atom is 0.349 e. The Balaban J connectivity index is 2.59. The third-order valence-electron chi connectivity index (χ3n) is 2.58. The minimum Gasteiger partial charge on any atom is -0.479 e. The number of carboxylic acids is 1. The summed E-state index contributed by atoms with van der Waals surface area (Å²) in [4.78, 5) is 14.8. The molecule has 1 N–H and O–H groups in total. The molecule has 0 amide bonds. The summed E-state index contributed by atoms with van der Waals surface area (Å²) in [5.74, 6) is -1.83. The van der Waals surface area contributed by atoms with E-state index in [-0.39, 0.29) is 5.56 Å². The lowest BCUT2D eigenvalue weighted by Crippen LogP contribution is -2.33. The first-order valence-corrected chi connectivity index (χ1v) is 4.91. The molecule has 0 aliphatic rings. The smallest absolute Gasteiger partial charge is 0.349 e. The van der Waals surface area contributed by atoms with Crippen LogP contribution in [0.4, 0.5) is 8.78 Å². The van der Waals surface area contributed by atoms with Gasteiger partial charge in [-0.2, -0.15) is 0 Å². The molecule has 5 heteroatoms. The van der Waals surface area contributed by atoms with Gasteiger partial charge in [-0.3, -0.25) is 4.98 Å². The molecule has 0 aliphatic carbocycles. The highest BCUT2D eigenvalue weighted by molar-refractivity contribution is 5.84. The van der Waals surface area contributed by atoms with Gasteiger partial charge in [0.1, 0.15) is 6.67 Å². The Morgan fingerprint density at radius 1 is 1.41 bits per heavy atom. The molecular formula is C12H9F2NO2. The Morgan fingerprint density at radius 3 is 2.82 bits per heavy atom. The second-order valence-corrected chi connectivity index (χ2v) is 3.65. The van der Waals surface area contributed by atoms with Gasteiger partial charge in [0.2, 0.25) is 0 Å². The summed E-state index contributed by atoms with van der Waals surface area (Å²) in [7, 11) is 0. The van der Waals surface area contributed by atoms with E-state index in [1.807, 2.05) is 0 Å². The van der Waals surface area contributed by atoms with Crippen molar-refractivity contribution >= 4 is 16.9 Å². The van der Waals surface area contributed by atoms with Crippen LogP contribution in [0.3, 0.4) is 0 Å². The number of hydrogen-bond donors (Lipinski definition) is 1. The van der Waals surface area contributed by atoms with Gasteiger partial charge in [-0.05, 0) is 18.2 Å². The lowest BCUT2D eigenvalue weighted by Gasteiger charge is -2.17. The fraction of sp³-hybridized carbons (Fsp3) is 0.167. The molecule has 2 aromatic rings. The van der Waals surface area contributed by atoms with Crippen molar-refractivity contribution in [1.82, 2.24) is 4.98 Å². The second kappa shape index (κ2) is 4.08. The van der Waals surface area contributed by atoms with Crippen LogP contribution in [0.5, 0.6) is 0 Å². The van der Waals surface area contributed by atoms with E-state index in [1.165, 1.54) is 18.2 Å². The summed E-state index contributed by atoms with van der Waals surface area (Å²) >= 11 is 0. The molecule has 3 nitrogen and oxygen atoms in total. The number of benzene rings is 1. The molecular weight excluding hydrogens is 228 g/mol. The van der Waals surface area contributed by atoms with Crippen molar-refractivity contribution in [3.8, 4) is 0 Å². The molecule has 1 heterocycles. The van der Waals surface area contributed by atoms with Crippen LogP contribution < -0.4 is 0 Å². The summed E-state index contributed by atoms with van der Waals surface area (Å²) in [6.07, 6.45) is 1.57. The van der Waals surface area contributed by atoms with Gasteiger partial charge in [-0.1, -0.05) is 12.1 Å². The molecule has 1 unspecified atom stereocenters. The Labute approximate surface area is 95.7 Å². The minimum atomic E-state index is -3.00. The van der Waals surface area contributed by atoms with Crippen LogP contribution in [0.1, 0.15) is 5.56 Å². The maximum atomic E-state index is 13.9. The van der Waals surface area contributed by atoms with Crippen LogP contribution in [-0.4, -0.2) is 22.7 Å². The third-order valence-corrected chi connectivity index (χ3v) is 2.58. The van der Waals surface area contributed by atoms with Gasteiger partial charge in [0.05, 0.1) is 5.52 Å². The van der Waals surface area contributed by atoms with Gasteiger partial charge >= 0.3 is 5.97 Å². The predicted molar refractivity (Wildman–Crippen MR) is 58.1 cm³/mol. The number of alkyl halides is 2. The van der Waals surface area contributed by atoms with Crippen LogP contribution in [0, 0.1) is 0 Å². The maximum absolute atomic E-state index is 13.9. The zero-order valence-electron chi connectivity index (χ0n) is 8.73. The summed E-state index contributed by atoms with van der Waals surface area (Å²) in [5, 5.41) is 9.30. The van der Waals surface area contributed by atoms with Crippen molar-refractivity contribution in [3.05, 3.63) is 42.1 Å². The van der Waals surface area contributed by atoms with Gasteiger partial charge in [0.25, 0.3) is 5.67 Å². The molecule has 0 saturated heterocycles. The number of hydrogen-bond acceptors (Lipinski definition) is 2. The molecule has 0 aliphatic heterocycles. The largest absolute Gasteiger partial charge is 0.479 e. The van der Waals surface area contributed by atoms with Crippen molar-refractivity contribution in [2.24, 2.45) is 0 Å². The number of carbonyl (C=O) groups is 1. The first-order valence-electron chi connectivity index (χ1n) is 4.91. The molecule has 0 saturated carbocycles. The number of fused-ring (bicyclic) bond motifs is 1. The van der Waals surface area contributed by atoms with Crippen molar-refractivity contribution in [2.75, 3.05) is 6.67 Å². The molecule has 17 heavy (non-hydrogen) atoms. The van der Waals surface area contributed by atoms with Crippen LogP contribution >= 0.6 is 0 Å². The van der Waals surface area contributed by atoms with E-state index < -0.39 is 18.3 Å². The zero-order valence-corrected chi connectivity index (χ0v) is 8.73. The van der Waals surface area contributed by atoms with E-state index >= 15 is 0 Å². The highest BCUT2D eigenvalue weighted by atomic mass is 19.2. The van der Waals surface area contributed by atoms with E-state index in [2.05, 4.69) is 4.98 Å². The number of carboxylic acid groups (broad SMARTS) is 1. The fourth-order valence-electron chi connectivity index (χ4n) is 1.58. The minimum absolute atomic E-state index is 0.215. The number of nitrogens with zero attached hydrogens (tertiary/aromatic N) is 1. The van der Waals surface area contributed by atoms with Gasteiger partial charge in [0, 0.05) is 17.1 Å². The van der Waals surface area contributed by atoms with Crippen LogP contribution in [-0.2, 0) is 10.5 Å². The highest BCUT2D eigenvalue weighted by Gasteiger charge is 2.41. The van der Waals surface area contributed by atoms with Crippen LogP contribution in [0.15, 0.2) is 36.5 Å². The number of halogens is 2. The number of aromatic nitrogens is 1. The summed E-state index contributed by atoms with van der Waals surface area (Å²) in [6.45, 7) is -1.60. The zero-order chi connectivity index (χ0) is 12.5. The molecule has 0 spiro atoms. The molecule has 0 radical (unpaired) electrons. The first-order chi connectivity index (χ1) is 8.08. The van der Waals surface area contributed by atoms with Crippen molar-refractivity contribution in [3.63, 3.8) is 0 Å². The van der Waals surface area contributed by atoms with Gasteiger partial charge in [-0.15, -0.1) is 0 Å². The van der Waals surface area contributed by atoms with Crippen LogP contribution in [0.25, 0.3) is 10.9 Å². The summed E-state index contributed by atoms with van der Waals surface area (Å²) in [5.41, 5.74) is -2.61. The Morgan fingerprint density at radius 2 is 2.18 bits per heavy atom. The average molecular weight is 237 g/mol. The predicted octanol–water partition coefficient (Wildman–Crippen LogP) is 2.45. The lowest BCUT2D eigenvalue weighted by atomic mass is 9.96. The first kappa shape index (κ1) is 11.4. The van der Waals surface area contributed by atoms with Gasteiger partial charge in [0.15, 0.2) is 0 Å². The van der Waals surface area contributed by atoms with E-state index in [9.17, 15) is 13.6 Å². The molecule has 1 aromatic carbocycles. The normalized spacial score (nSPS) is 14.5. The quantitative estimate of drug-likeness (QED) is 0.892. The fourth-order valence-corrected chi connectivity index (χ4v) is 1.58. The highest BCUT2D eigenvalue weighted by Crippen LogP contribution is 2.29. The molecule has 0 bridgehead atoms. The van der Waals surface area contributed by atoms with E-state index in [4.69, 9.17) is 5.11 Å². The van der Waals surface area contributed by atoms with Gasteiger partial charge in [-0.25, -0.2) is 13.6 Å². The summed E-state index contributed by atoms with van der Waals surface area (Å²) < 4.78 is 26.5. The van der Waals surface area contributed by atoms with Crippen molar-refractivity contribution < 1.29 is 18.7 Å². The summed E-state index contributed by atoms with van der Waals surface area (Å²) in [6, 6.07) is 7.31. The molecule has 0 fully saturated rings. The number of rotatable bonds is 3. The Kier molecular flexibility index (Phi) is 2.75. The Hall–Kier alpha value is -2.04. The van der Waals surface area contributed by atoms with E-state index in [1.54, 1.807) is 18.3 Å². The number of aliphatic carboxylic acids is 1. The van der Waals surface area contributed by atoms with Crippen molar-refractivity contribution in [1.29, 1.82) is 0 Å². The topological polar surface area (TPSA) is 50.2 Å². The second-order valence-electron chi connectivity index (χ2n) is 3.65. The third kappa shape index (κ3) is 1.84. The Bertz CT molecular complexity index is 573. The van der Waals surface area contributed by atoms with Crippen LogP contribution in [0.2, 0.25) is 0 Å². The average Bonchev–Trinajstić information content (AvgIpc) is 2.37. The monoisotopic (exact) mass is 237 g/mol. The van der Waals surface area contributed by atoms with Gasteiger partial charge < -0.3 is 5.11 Å². The van der Waals surface area contributed by atoms with E-state index in [0.29, 0.717) is 10.9 Å². The SMILES string of the molecule is O=C(O)C(F)(CF)c1ccc2ncccc2c1. The van der Waals surface area contributed by atoms with Crippen molar-refractivity contribution in [2.45, 2.75) is 5.67 Å².